The molecule has 1 aromatic rings. The molecule has 0 unspecified atom stereocenters. The van der Waals surface area contributed by atoms with E-state index in [-0.39, 0.29) is 12.4 Å². The van der Waals surface area contributed by atoms with Crippen molar-refractivity contribution in [3.63, 3.8) is 0 Å². The molecule has 0 aliphatic rings. The van der Waals surface area contributed by atoms with E-state index in [1.807, 2.05) is 37.4 Å². The Kier molecular flexibility index (Phi) is 5.97. The summed E-state index contributed by atoms with van der Waals surface area (Å²) in [4.78, 5) is 12.5. The van der Waals surface area contributed by atoms with Crippen LogP contribution in [-0.2, 0) is 11.3 Å². The lowest BCUT2D eigenvalue weighted by atomic mass is 10.2. The Morgan fingerprint density at radius 3 is 2.40 bits per heavy atom. The molecule has 0 heterocycles. The van der Waals surface area contributed by atoms with Gasteiger partial charge in [0.2, 0.25) is 0 Å². The largest absolute Gasteiger partial charge is 0.480 e. The summed E-state index contributed by atoms with van der Waals surface area (Å²) in [5.74, 6) is -0.788. The van der Waals surface area contributed by atoms with Gasteiger partial charge in [0.25, 0.3) is 0 Å². The normalized spacial score (nSPS) is 11.9. The summed E-state index contributed by atoms with van der Waals surface area (Å²) in [5.41, 5.74) is 1.13. The van der Waals surface area contributed by atoms with E-state index in [1.54, 1.807) is 11.8 Å². The Bertz CT molecular complexity index is 303. The summed E-state index contributed by atoms with van der Waals surface area (Å²) in [7, 11) is 1.81. The number of hydrogen-bond acceptors (Lipinski definition) is 2. The summed E-state index contributed by atoms with van der Waals surface area (Å²) in [5, 5.41) is 8.79. The van der Waals surface area contributed by atoms with E-state index < -0.39 is 12.0 Å². The van der Waals surface area contributed by atoms with E-state index in [1.165, 1.54) is 0 Å². The maximum atomic E-state index is 10.7. The van der Waals surface area contributed by atoms with Gasteiger partial charge in [-0.1, -0.05) is 30.3 Å². The number of likely N-dealkylation sites (N-methyl/N-ethyl adjacent to an activating group) is 1. The molecule has 0 aliphatic carbocycles. The SMILES string of the molecule is C[C@@H](C(=O)O)N(C)Cc1ccccc1.Cl. The fourth-order valence-corrected chi connectivity index (χ4v) is 1.20. The summed E-state index contributed by atoms with van der Waals surface area (Å²) in [6.07, 6.45) is 0. The number of carboxylic acids is 1. The molecule has 15 heavy (non-hydrogen) atoms. The number of rotatable bonds is 4. The van der Waals surface area contributed by atoms with Gasteiger partial charge in [-0.2, -0.15) is 0 Å². The maximum Gasteiger partial charge on any atom is 0.320 e. The Balaban J connectivity index is 0.00000196. The molecule has 1 N–H and O–H groups in total. The van der Waals surface area contributed by atoms with Crippen LogP contribution < -0.4 is 0 Å². The Labute approximate surface area is 96.1 Å². The summed E-state index contributed by atoms with van der Waals surface area (Å²) in [6, 6.07) is 9.39. The van der Waals surface area contributed by atoms with Crippen LogP contribution in [0.4, 0.5) is 0 Å². The first-order chi connectivity index (χ1) is 6.61. The highest BCUT2D eigenvalue weighted by molar-refractivity contribution is 5.85. The highest BCUT2D eigenvalue weighted by Gasteiger charge is 2.16. The lowest BCUT2D eigenvalue weighted by Crippen LogP contribution is -2.35. The molecule has 3 nitrogen and oxygen atoms in total. The third-order valence-corrected chi connectivity index (χ3v) is 2.29. The van der Waals surface area contributed by atoms with Crippen molar-refractivity contribution in [3.05, 3.63) is 35.9 Å². The van der Waals surface area contributed by atoms with Gasteiger partial charge in [0, 0.05) is 6.54 Å². The summed E-state index contributed by atoms with van der Waals surface area (Å²) >= 11 is 0. The minimum absolute atomic E-state index is 0. The van der Waals surface area contributed by atoms with E-state index >= 15 is 0 Å². The number of benzene rings is 1. The second-order valence-corrected chi connectivity index (χ2v) is 3.41. The molecule has 1 aromatic carbocycles. The van der Waals surface area contributed by atoms with Crippen LogP contribution in [0.15, 0.2) is 30.3 Å². The van der Waals surface area contributed by atoms with Crippen LogP contribution in [0.2, 0.25) is 0 Å². The first kappa shape index (κ1) is 13.9. The molecule has 0 spiro atoms. The second-order valence-electron chi connectivity index (χ2n) is 3.41. The molecule has 0 aliphatic heterocycles. The van der Waals surface area contributed by atoms with Crippen LogP contribution in [0.25, 0.3) is 0 Å². The number of nitrogens with zero attached hydrogens (tertiary/aromatic N) is 1. The quantitative estimate of drug-likeness (QED) is 0.859. The first-order valence-corrected chi connectivity index (χ1v) is 4.58. The Morgan fingerprint density at radius 1 is 1.40 bits per heavy atom. The van der Waals surface area contributed by atoms with Gasteiger partial charge in [0.15, 0.2) is 0 Å². The van der Waals surface area contributed by atoms with Gasteiger partial charge < -0.3 is 5.11 Å². The monoisotopic (exact) mass is 229 g/mol. The predicted octanol–water partition coefficient (Wildman–Crippen LogP) is 2.01. The van der Waals surface area contributed by atoms with Crippen LogP contribution in [0.5, 0.6) is 0 Å². The van der Waals surface area contributed by atoms with Crippen LogP contribution in [0.3, 0.4) is 0 Å². The lowest BCUT2D eigenvalue weighted by molar-refractivity contribution is -0.142. The first-order valence-electron chi connectivity index (χ1n) is 4.58. The van der Waals surface area contributed by atoms with Crippen molar-refractivity contribution in [2.75, 3.05) is 7.05 Å². The van der Waals surface area contributed by atoms with Gasteiger partial charge in [-0.25, -0.2) is 0 Å². The molecule has 1 atom stereocenters. The van der Waals surface area contributed by atoms with Crippen molar-refractivity contribution in [2.24, 2.45) is 0 Å². The van der Waals surface area contributed by atoms with Gasteiger partial charge in [-0.15, -0.1) is 12.4 Å². The minimum Gasteiger partial charge on any atom is -0.480 e. The molecule has 0 aromatic heterocycles. The molecule has 0 saturated carbocycles. The zero-order chi connectivity index (χ0) is 10.6. The fraction of sp³-hybridized carbons (Fsp3) is 0.364. The van der Waals surface area contributed by atoms with Gasteiger partial charge in [0.05, 0.1) is 0 Å². The van der Waals surface area contributed by atoms with Crippen LogP contribution in [0, 0.1) is 0 Å². The molecule has 0 fully saturated rings. The van der Waals surface area contributed by atoms with E-state index in [0.717, 1.165) is 5.56 Å². The van der Waals surface area contributed by atoms with Crippen molar-refractivity contribution >= 4 is 18.4 Å². The standard InChI is InChI=1S/C11H15NO2.ClH/c1-9(11(13)14)12(2)8-10-6-4-3-5-7-10;/h3-7,9H,8H2,1-2H3,(H,13,14);1H/t9-;/m0./s1. The molecule has 0 saturated heterocycles. The predicted molar refractivity (Wildman–Crippen MR) is 62.3 cm³/mol. The third kappa shape index (κ3) is 4.32. The van der Waals surface area contributed by atoms with Crippen LogP contribution in [0.1, 0.15) is 12.5 Å². The molecular weight excluding hydrogens is 214 g/mol. The van der Waals surface area contributed by atoms with Gasteiger partial charge >= 0.3 is 5.97 Å². The maximum absolute atomic E-state index is 10.7. The Hall–Kier alpha value is -1.06. The second kappa shape index (κ2) is 6.43. The lowest BCUT2D eigenvalue weighted by Gasteiger charge is -2.20. The average Bonchev–Trinajstić information content (AvgIpc) is 2.18. The van der Waals surface area contributed by atoms with E-state index in [0.29, 0.717) is 6.54 Å². The highest BCUT2D eigenvalue weighted by atomic mass is 35.5. The molecular formula is C11H16ClNO2. The number of carbonyl (C=O) groups is 1. The number of aliphatic carboxylic acids is 1. The minimum atomic E-state index is -0.788. The van der Waals surface area contributed by atoms with Crippen LogP contribution >= 0.6 is 12.4 Å². The molecule has 0 amide bonds. The Morgan fingerprint density at radius 2 is 1.93 bits per heavy atom. The van der Waals surface area contributed by atoms with Gasteiger partial charge in [-0.05, 0) is 19.5 Å². The zero-order valence-corrected chi connectivity index (χ0v) is 9.70. The van der Waals surface area contributed by atoms with Gasteiger partial charge in [-0.3, -0.25) is 9.69 Å². The van der Waals surface area contributed by atoms with Crippen molar-refractivity contribution in [3.8, 4) is 0 Å². The zero-order valence-electron chi connectivity index (χ0n) is 8.88. The number of hydrogen-bond donors (Lipinski definition) is 1. The molecule has 1 rings (SSSR count). The van der Waals surface area contributed by atoms with Gasteiger partial charge in [0.1, 0.15) is 6.04 Å². The number of halogens is 1. The van der Waals surface area contributed by atoms with Crippen LogP contribution in [-0.4, -0.2) is 29.1 Å². The van der Waals surface area contributed by atoms with E-state index in [9.17, 15) is 4.79 Å². The summed E-state index contributed by atoms with van der Waals surface area (Å²) < 4.78 is 0. The molecule has 84 valence electrons. The molecule has 0 bridgehead atoms. The van der Waals surface area contributed by atoms with Crippen molar-refractivity contribution in [1.29, 1.82) is 0 Å². The van der Waals surface area contributed by atoms with E-state index in [4.69, 9.17) is 5.11 Å². The van der Waals surface area contributed by atoms with E-state index in [2.05, 4.69) is 0 Å². The topological polar surface area (TPSA) is 40.5 Å². The number of carboxylic acid groups (broad SMARTS) is 1. The average molecular weight is 230 g/mol. The van der Waals surface area contributed by atoms with Crippen molar-refractivity contribution < 1.29 is 9.90 Å². The van der Waals surface area contributed by atoms with Crippen molar-refractivity contribution in [1.82, 2.24) is 4.90 Å². The summed E-state index contributed by atoms with van der Waals surface area (Å²) in [6.45, 7) is 2.35. The van der Waals surface area contributed by atoms with Crippen molar-refractivity contribution in [2.45, 2.75) is 19.5 Å². The fourth-order valence-electron chi connectivity index (χ4n) is 1.20. The smallest absolute Gasteiger partial charge is 0.320 e. The highest BCUT2D eigenvalue weighted by Crippen LogP contribution is 2.05. The third-order valence-electron chi connectivity index (χ3n) is 2.29. The molecule has 4 heteroatoms. The molecule has 0 radical (unpaired) electrons.